The second-order valence-corrected chi connectivity index (χ2v) is 10.6. The molecule has 41 heavy (non-hydrogen) atoms. The molecule has 3 aromatic rings. The van der Waals surface area contributed by atoms with Crippen LogP contribution >= 0.6 is 9.24 Å². The molecule has 1 aliphatic heterocycles. The van der Waals surface area contributed by atoms with Crippen molar-refractivity contribution in [3.63, 3.8) is 0 Å². The second-order valence-electron chi connectivity index (χ2n) is 9.93. The van der Waals surface area contributed by atoms with Gasteiger partial charge in [0.25, 0.3) is 0 Å². The number of carbonyl (C=O) groups is 3. The standard InChI is InChI=1S/C30H35FN5O4P/c1-3-33-36(30(40)32-17-22-7-5-4-6-8-22)28-20(2)34(18-23-11-12-24(31)16-27(23)41)29(39)26(35(28)19-37)15-21-9-13-25(38)14-10-21/h4-14,16,19-20,26,28,33,38H,3,15,17-18,41H2,1-2H3,(H,32,40)/t20?,26-,28?/m0/s1. The van der Waals surface area contributed by atoms with Crippen LogP contribution in [0.15, 0.2) is 72.8 Å². The van der Waals surface area contributed by atoms with Crippen molar-refractivity contribution in [2.75, 3.05) is 6.54 Å². The summed E-state index contributed by atoms with van der Waals surface area (Å²) in [6.07, 6.45) is -0.0910. The van der Waals surface area contributed by atoms with Gasteiger partial charge in [0.2, 0.25) is 12.3 Å². The molecule has 4 atom stereocenters. The third-order valence-electron chi connectivity index (χ3n) is 7.19. The fraction of sp³-hybridized carbons (Fsp3) is 0.300. The zero-order valence-electron chi connectivity index (χ0n) is 23.0. The summed E-state index contributed by atoms with van der Waals surface area (Å²) in [6, 6.07) is 18.2. The molecule has 1 saturated heterocycles. The van der Waals surface area contributed by atoms with Crippen LogP contribution in [0.5, 0.6) is 5.75 Å². The van der Waals surface area contributed by atoms with Crippen LogP contribution in [-0.2, 0) is 29.1 Å². The first-order valence-electron chi connectivity index (χ1n) is 13.4. The summed E-state index contributed by atoms with van der Waals surface area (Å²) in [5, 5.41) is 14.6. The molecular weight excluding hydrogens is 544 g/mol. The summed E-state index contributed by atoms with van der Waals surface area (Å²) in [4.78, 5) is 43.3. The molecule has 3 N–H and O–H groups in total. The topological polar surface area (TPSA) is 105 Å². The van der Waals surface area contributed by atoms with Gasteiger partial charge in [-0.2, -0.15) is 0 Å². The third-order valence-corrected chi connectivity index (χ3v) is 7.73. The Morgan fingerprint density at radius 3 is 2.44 bits per heavy atom. The average molecular weight is 580 g/mol. The lowest BCUT2D eigenvalue weighted by Crippen LogP contribution is -2.73. The molecule has 1 fully saturated rings. The van der Waals surface area contributed by atoms with Crippen LogP contribution < -0.4 is 16.0 Å². The molecule has 0 aromatic heterocycles. The fourth-order valence-corrected chi connectivity index (χ4v) is 5.42. The number of hydrazine groups is 1. The molecule has 11 heteroatoms. The highest BCUT2D eigenvalue weighted by Crippen LogP contribution is 2.28. The van der Waals surface area contributed by atoms with E-state index in [9.17, 15) is 23.9 Å². The van der Waals surface area contributed by atoms with Gasteiger partial charge >= 0.3 is 6.03 Å². The van der Waals surface area contributed by atoms with Gasteiger partial charge in [0, 0.05) is 26.1 Å². The molecule has 4 rings (SSSR count). The van der Waals surface area contributed by atoms with Crippen LogP contribution in [0.3, 0.4) is 0 Å². The van der Waals surface area contributed by atoms with E-state index in [1.165, 1.54) is 34.2 Å². The van der Waals surface area contributed by atoms with Gasteiger partial charge in [-0.15, -0.1) is 9.24 Å². The molecule has 216 valence electrons. The van der Waals surface area contributed by atoms with Crippen molar-refractivity contribution in [3.05, 3.63) is 95.3 Å². The highest BCUT2D eigenvalue weighted by Gasteiger charge is 2.48. The highest BCUT2D eigenvalue weighted by molar-refractivity contribution is 7.27. The lowest BCUT2D eigenvalue weighted by Gasteiger charge is -2.52. The minimum absolute atomic E-state index is 0.0850. The van der Waals surface area contributed by atoms with E-state index in [-0.39, 0.29) is 37.0 Å². The summed E-state index contributed by atoms with van der Waals surface area (Å²) < 4.78 is 13.8. The van der Waals surface area contributed by atoms with Crippen molar-refractivity contribution in [1.29, 1.82) is 0 Å². The van der Waals surface area contributed by atoms with Gasteiger partial charge in [-0.3, -0.25) is 9.59 Å². The monoisotopic (exact) mass is 579 g/mol. The van der Waals surface area contributed by atoms with E-state index in [2.05, 4.69) is 20.0 Å². The second kappa shape index (κ2) is 13.6. The first-order valence-corrected chi connectivity index (χ1v) is 14.0. The number of phenolic OH excluding ortho intramolecular Hbond substituents is 1. The van der Waals surface area contributed by atoms with Crippen LogP contribution in [0.4, 0.5) is 9.18 Å². The maximum atomic E-state index is 14.0. The summed E-state index contributed by atoms with van der Waals surface area (Å²) in [6.45, 7) is 4.44. The minimum Gasteiger partial charge on any atom is -0.508 e. The van der Waals surface area contributed by atoms with Crippen molar-refractivity contribution >= 4 is 32.9 Å². The van der Waals surface area contributed by atoms with Crippen LogP contribution in [0.2, 0.25) is 0 Å². The van der Waals surface area contributed by atoms with Crippen molar-refractivity contribution in [2.45, 2.75) is 51.6 Å². The number of hydrogen-bond donors (Lipinski definition) is 3. The number of urea groups is 1. The maximum absolute atomic E-state index is 14.0. The molecule has 0 bridgehead atoms. The number of nitrogens with one attached hydrogen (secondary N) is 2. The number of aromatic hydroxyl groups is 1. The largest absolute Gasteiger partial charge is 0.508 e. The van der Waals surface area contributed by atoms with Crippen molar-refractivity contribution in [1.82, 2.24) is 25.6 Å². The van der Waals surface area contributed by atoms with Crippen molar-refractivity contribution in [3.8, 4) is 5.75 Å². The molecule has 0 radical (unpaired) electrons. The molecule has 3 aromatic carbocycles. The van der Waals surface area contributed by atoms with Gasteiger partial charge in [0.15, 0.2) is 0 Å². The minimum atomic E-state index is -0.935. The van der Waals surface area contributed by atoms with Gasteiger partial charge in [-0.1, -0.05) is 55.5 Å². The molecular formula is C30H35FN5O4P. The molecule has 1 aliphatic rings. The Kier molecular flexibility index (Phi) is 9.91. The molecule has 9 nitrogen and oxygen atoms in total. The molecule has 1 heterocycles. The van der Waals surface area contributed by atoms with Gasteiger partial charge in [-0.25, -0.2) is 19.6 Å². The number of benzene rings is 3. The van der Waals surface area contributed by atoms with Crippen molar-refractivity contribution in [2.24, 2.45) is 0 Å². The van der Waals surface area contributed by atoms with Crippen LogP contribution in [0.25, 0.3) is 0 Å². The number of amides is 4. The molecule has 0 saturated carbocycles. The Balaban J connectivity index is 1.70. The summed E-state index contributed by atoms with van der Waals surface area (Å²) in [5.41, 5.74) is 5.46. The smallest absolute Gasteiger partial charge is 0.334 e. The fourth-order valence-electron chi connectivity index (χ4n) is 5.08. The van der Waals surface area contributed by atoms with Crippen LogP contribution in [0.1, 0.15) is 30.5 Å². The van der Waals surface area contributed by atoms with Crippen LogP contribution in [0, 0.1) is 5.82 Å². The number of nitrogens with zero attached hydrogens (tertiary/aromatic N) is 3. The Morgan fingerprint density at radius 2 is 1.80 bits per heavy atom. The van der Waals surface area contributed by atoms with Gasteiger partial charge in [-0.05, 0) is 53.2 Å². The van der Waals surface area contributed by atoms with E-state index in [1.807, 2.05) is 37.3 Å². The maximum Gasteiger partial charge on any atom is 0.334 e. The van der Waals surface area contributed by atoms with Crippen LogP contribution in [-0.4, -0.2) is 63.1 Å². The van der Waals surface area contributed by atoms with E-state index in [1.54, 1.807) is 30.0 Å². The Labute approximate surface area is 241 Å². The van der Waals surface area contributed by atoms with E-state index < -0.39 is 24.3 Å². The number of rotatable bonds is 10. The van der Waals surface area contributed by atoms with Gasteiger partial charge in [0.1, 0.15) is 23.8 Å². The number of carbonyl (C=O) groups excluding carboxylic acids is 3. The predicted octanol–water partition coefficient (Wildman–Crippen LogP) is 2.89. The Morgan fingerprint density at radius 1 is 1.10 bits per heavy atom. The summed E-state index contributed by atoms with van der Waals surface area (Å²) >= 11 is 0. The quantitative estimate of drug-likeness (QED) is 0.195. The van der Waals surface area contributed by atoms with E-state index >= 15 is 0 Å². The average Bonchev–Trinajstić information content (AvgIpc) is 2.97. The molecule has 3 unspecified atom stereocenters. The molecule has 0 aliphatic carbocycles. The van der Waals surface area contributed by atoms with Gasteiger partial charge in [0.05, 0.1) is 6.04 Å². The third kappa shape index (κ3) is 7.01. The zero-order chi connectivity index (χ0) is 29.5. The molecule has 4 amide bonds. The van der Waals surface area contributed by atoms with E-state index in [0.717, 1.165) is 16.7 Å². The first-order chi connectivity index (χ1) is 19.7. The summed E-state index contributed by atoms with van der Waals surface area (Å²) in [5.74, 6) is -0.606. The zero-order valence-corrected chi connectivity index (χ0v) is 24.2. The van der Waals surface area contributed by atoms with Crippen molar-refractivity contribution < 1.29 is 23.9 Å². The normalized spacial score (nSPS) is 18.7. The Hall–Kier alpha value is -4.01. The predicted molar refractivity (Wildman–Crippen MR) is 157 cm³/mol. The number of phenols is 1. The number of piperazine rings is 1. The SMILES string of the molecule is CCNN(C(=O)NCc1ccccc1)C1C(C)N(Cc2ccc(F)cc2P)C(=O)[C@H](Cc2ccc(O)cc2)N1C=O. The highest BCUT2D eigenvalue weighted by atomic mass is 31.0. The summed E-state index contributed by atoms with van der Waals surface area (Å²) in [7, 11) is 2.50. The lowest BCUT2D eigenvalue weighted by atomic mass is 9.96. The van der Waals surface area contributed by atoms with Gasteiger partial charge < -0.3 is 20.2 Å². The van der Waals surface area contributed by atoms with E-state index in [4.69, 9.17) is 0 Å². The number of hydrogen-bond acceptors (Lipinski definition) is 5. The molecule has 0 spiro atoms. The first kappa shape index (κ1) is 30.0. The number of halogens is 1. The lowest BCUT2D eigenvalue weighted by molar-refractivity contribution is -0.164. The van der Waals surface area contributed by atoms with E-state index in [0.29, 0.717) is 18.3 Å². The Bertz CT molecular complexity index is 1360.